The lowest BCUT2D eigenvalue weighted by molar-refractivity contribution is 0.297. The minimum atomic E-state index is -0.160. The molecule has 0 saturated carbocycles. The van der Waals surface area contributed by atoms with Crippen molar-refractivity contribution in [1.82, 2.24) is 10.2 Å². The van der Waals surface area contributed by atoms with Crippen LogP contribution in [0.4, 0.5) is 0 Å². The summed E-state index contributed by atoms with van der Waals surface area (Å²) in [4.78, 5) is 10.9. The number of aromatic amines is 1. The molecule has 0 saturated heterocycles. The van der Waals surface area contributed by atoms with Gasteiger partial charge in [0.2, 0.25) is 0 Å². The molecule has 0 fully saturated rings. The van der Waals surface area contributed by atoms with Gasteiger partial charge in [-0.25, -0.2) is 5.10 Å². The second-order valence-electron chi connectivity index (χ2n) is 3.63. The lowest BCUT2D eigenvalue weighted by Gasteiger charge is -2.07. The zero-order valence-corrected chi connectivity index (χ0v) is 9.75. The van der Waals surface area contributed by atoms with Crippen molar-refractivity contribution >= 4 is 11.3 Å². The Morgan fingerprint density at radius 3 is 2.82 bits per heavy atom. The zero-order chi connectivity index (χ0) is 11.7. The maximum Gasteiger partial charge on any atom is 0.322 e. The van der Waals surface area contributed by atoms with Gasteiger partial charge in [-0.1, -0.05) is 11.3 Å². The quantitative estimate of drug-likeness (QED) is 0.836. The Labute approximate surface area is 101 Å². The van der Waals surface area contributed by atoms with Gasteiger partial charge in [0.05, 0.1) is 13.2 Å². The minimum absolute atomic E-state index is 0.160. The topological polar surface area (TPSA) is 64.2 Å². The Morgan fingerprint density at radius 2 is 2.06 bits per heavy atom. The fourth-order valence-corrected chi connectivity index (χ4v) is 2.25. The molecule has 1 aliphatic rings. The molecule has 2 heterocycles. The van der Waals surface area contributed by atoms with Crippen LogP contribution in [0.3, 0.4) is 0 Å². The summed E-state index contributed by atoms with van der Waals surface area (Å²) < 4.78 is 11.1. The van der Waals surface area contributed by atoms with Gasteiger partial charge in [-0.15, -0.1) is 0 Å². The summed E-state index contributed by atoms with van der Waals surface area (Å²) in [5.41, 5.74) is 0.859. The van der Waals surface area contributed by atoms with Gasteiger partial charge in [-0.3, -0.25) is 4.79 Å². The fraction of sp³-hybridized carbons (Fsp3) is 0.273. The third-order valence-electron chi connectivity index (χ3n) is 2.43. The van der Waals surface area contributed by atoms with E-state index in [4.69, 9.17) is 9.47 Å². The van der Waals surface area contributed by atoms with Crippen molar-refractivity contribution in [2.24, 2.45) is 0 Å². The van der Waals surface area contributed by atoms with Gasteiger partial charge in [0.1, 0.15) is 5.01 Å². The van der Waals surface area contributed by atoms with Crippen LogP contribution in [0.1, 0.15) is 6.42 Å². The van der Waals surface area contributed by atoms with E-state index in [1.54, 1.807) is 0 Å². The highest BCUT2D eigenvalue weighted by Crippen LogP contribution is 2.33. The molecular weight excluding hydrogens is 240 g/mol. The summed E-state index contributed by atoms with van der Waals surface area (Å²) in [5.74, 6) is 1.46. The first-order valence-corrected chi connectivity index (χ1v) is 6.10. The van der Waals surface area contributed by atoms with E-state index in [0.717, 1.165) is 29.1 Å². The average Bonchev–Trinajstić information content (AvgIpc) is 2.64. The molecule has 2 aromatic rings. The second-order valence-corrected chi connectivity index (χ2v) is 4.59. The predicted molar refractivity (Wildman–Crippen MR) is 63.8 cm³/mol. The summed E-state index contributed by atoms with van der Waals surface area (Å²) in [5, 5.41) is 7.00. The largest absolute Gasteiger partial charge is 0.490 e. The van der Waals surface area contributed by atoms with E-state index >= 15 is 0 Å². The second kappa shape index (κ2) is 4.21. The van der Waals surface area contributed by atoms with Gasteiger partial charge in [0, 0.05) is 12.0 Å². The number of fused-ring (bicyclic) bond motifs is 1. The average molecular weight is 250 g/mol. The lowest BCUT2D eigenvalue weighted by atomic mass is 10.2. The highest BCUT2D eigenvalue weighted by Gasteiger charge is 2.12. The highest BCUT2D eigenvalue weighted by atomic mass is 32.1. The third-order valence-corrected chi connectivity index (χ3v) is 3.23. The van der Waals surface area contributed by atoms with Crippen LogP contribution in [0.25, 0.3) is 10.6 Å². The number of ether oxygens (including phenoxy) is 2. The molecule has 0 aliphatic carbocycles. The molecule has 0 amide bonds. The lowest BCUT2D eigenvalue weighted by Crippen LogP contribution is -1.97. The molecule has 0 atom stereocenters. The van der Waals surface area contributed by atoms with Crippen LogP contribution in [-0.2, 0) is 0 Å². The van der Waals surface area contributed by atoms with E-state index in [9.17, 15) is 4.79 Å². The Kier molecular flexibility index (Phi) is 2.56. The van der Waals surface area contributed by atoms with E-state index in [2.05, 4.69) is 10.2 Å². The van der Waals surface area contributed by atoms with Crippen LogP contribution in [0.2, 0.25) is 0 Å². The third kappa shape index (κ3) is 2.03. The van der Waals surface area contributed by atoms with Gasteiger partial charge in [0.25, 0.3) is 0 Å². The van der Waals surface area contributed by atoms with Gasteiger partial charge < -0.3 is 9.47 Å². The number of nitrogens with one attached hydrogen (secondary N) is 1. The molecule has 0 bridgehead atoms. The zero-order valence-electron chi connectivity index (χ0n) is 8.93. The van der Waals surface area contributed by atoms with E-state index in [0.29, 0.717) is 24.0 Å². The maximum absolute atomic E-state index is 11.1. The molecule has 0 spiro atoms. The van der Waals surface area contributed by atoms with Crippen molar-refractivity contribution in [1.29, 1.82) is 0 Å². The van der Waals surface area contributed by atoms with Crippen LogP contribution < -0.4 is 14.3 Å². The number of aromatic nitrogens is 2. The molecule has 6 heteroatoms. The van der Waals surface area contributed by atoms with Crippen LogP contribution in [-0.4, -0.2) is 23.4 Å². The molecule has 1 aromatic heterocycles. The molecule has 0 unspecified atom stereocenters. The van der Waals surface area contributed by atoms with Crippen molar-refractivity contribution in [2.75, 3.05) is 13.2 Å². The number of hydrogen-bond acceptors (Lipinski definition) is 5. The number of benzene rings is 1. The van der Waals surface area contributed by atoms with Crippen LogP contribution >= 0.6 is 11.3 Å². The van der Waals surface area contributed by atoms with Crippen LogP contribution in [0.5, 0.6) is 11.5 Å². The molecule has 17 heavy (non-hydrogen) atoms. The molecule has 0 radical (unpaired) electrons. The highest BCUT2D eigenvalue weighted by molar-refractivity contribution is 7.12. The predicted octanol–water partition coefficient (Wildman–Crippen LogP) is 1.66. The van der Waals surface area contributed by atoms with Crippen molar-refractivity contribution in [2.45, 2.75) is 6.42 Å². The van der Waals surface area contributed by atoms with Crippen molar-refractivity contribution < 1.29 is 9.47 Å². The Bertz CT molecular complexity index is 590. The van der Waals surface area contributed by atoms with Gasteiger partial charge >= 0.3 is 4.87 Å². The van der Waals surface area contributed by atoms with Crippen molar-refractivity contribution in [3.05, 3.63) is 27.9 Å². The summed E-state index contributed by atoms with van der Waals surface area (Å²) in [6.45, 7) is 1.31. The fourth-order valence-electron chi connectivity index (χ4n) is 1.65. The minimum Gasteiger partial charge on any atom is -0.490 e. The number of hydrogen-bond donors (Lipinski definition) is 1. The van der Waals surface area contributed by atoms with Gasteiger partial charge in [-0.2, -0.15) is 5.10 Å². The van der Waals surface area contributed by atoms with Crippen molar-refractivity contribution in [3.8, 4) is 22.1 Å². The van der Waals surface area contributed by atoms with Gasteiger partial charge in [0.15, 0.2) is 11.5 Å². The Hall–Kier alpha value is -1.82. The molecular formula is C11H10N2O3S. The molecule has 5 nitrogen and oxygen atoms in total. The molecule has 88 valence electrons. The molecule has 1 aromatic carbocycles. The number of H-pyrrole nitrogens is 1. The standard InChI is InChI=1S/C11H10N2O3S/c14-11-13-12-10(17-11)7-2-3-8-9(6-7)16-5-1-4-15-8/h2-3,6H,1,4-5H2,(H,13,14). The Morgan fingerprint density at radius 1 is 1.24 bits per heavy atom. The summed E-state index contributed by atoms with van der Waals surface area (Å²) >= 11 is 1.08. The molecule has 3 rings (SSSR count). The number of nitrogens with zero attached hydrogens (tertiary/aromatic N) is 1. The van der Waals surface area contributed by atoms with E-state index in [1.807, 2.05) is 18.2 Å². The van der Waals surface area contributed by atoms with E-state index in [1.165, 1.54) is 0 Å². The van der Waals surface area contributed by atoms with E-state index in [-0.39, 0.29) is 4.87 Å². The Balaban J connectivity index is 2.02. The van der Waals surface area contributed by atoms with Crippen molar-refractivity contribution in [3.63, 3.8) is 0 Å². The van der Waals surface area contributed by atoms with Crippen LogP contribution in [0, 0.1) is 0 Å². The SMILES string of the molecule is O=c1[nH]nc(-c2ccc3c(c2)OCCCO3)s1. The first-order chi connectivity index (χ1) is 8.33. The monoisotopic (exact) mass is 250 g/mol. The summed E-state index contributed by atoms with van der Waals surface area (Å²) in [6.07, 6.45) is 0.875. The first kappa shape index (κ1) is 10.3. The summed E-state index contributed by atoms with van der Waals surface area (Å²) in [7, 11) is 0. The van der Waals surface area contributed by atoms with Crippen LogP contribution in [0.15, 0.2) is 23.0 Å². The van der Waals surface area contributed by atoms with Gasteiger partial charge in [-0.05, 0) is 18.2 Å². The number of rotatable bonds is 1. The molecule has 1 aliphatic heterocycles. The maximum atomic E-state index is 11.1. The van der Waals surface area contributed by atoms with E-state index < -0.39 is 0 Å². The first-order valence-electron chi connectivity index (χ1n) is 5.28. The normalized spacial score (nSPS) is 14.4. The summed E-state index contributed by atoms with van der Waals surface area (Å²) in [6, 6.07) is 5.58. The smallest absolute Gasteiger partial charge is 0.322 e. The molecule has 1 N–H and O–H groups in total.